The summed E-state index contributed by atoms with van der Waals surface area (Å²) in [7, 11) is 0. The Labute approximate surface area is 135 Å². The second kappa shape index (κ2) is 11.2. The van der Waals surface area contributed by atoms with Crippen LogP contribution in [0.25, 0.3) is 0 Å². The number of aromatic nitrogens is 1. The summed E-state index contributed by atoms with van der Waals surface area (Å²) < 4.78 is 14.9. The van der Waals surface area contributed by atoms with Crippen molar-refractivity contribution in [2.75, 3.05) is 37.1 Å². The van der Waals surface area contributed by atoms with Crippen molar-refractivity contribution in [2.45, 2.75) is 26.7 Å². The number of hydrogen-bond acceptors (Lipinski definition) is 6. The van der Waals surface area contributed by atoms with Crippen LogP contribution in [0.3, 0.4) is 0 Å². The molecule has 1 aromatic rings. The van der Waals surface area contributed by atoms with E-state index in [1.165, 1.54) is 0 Å². The van der Waals surface area contributed by atoms with Crippen LogP contribution < -0.4 is 10.6 Å². The van der Waals surface area contributed by atoms with E-state index in [0.29, 0.717) is 19.8 Å². The van der Waals surface area contributed by atoms with Gasteiger partial charge in [-0.15, -0.1) is 0 Å². The first-order valence-corrected chi connectivity index (χ1v) is 7.58. The van der Waals surface area contributed by atoms with E-state index in [-0.39, 0.29) is 18.2 Å². The zero-order valence-corrected chi connectivity index (χ0v) is 13.5. The molecule has 0 unspecified atom stereocenters. The van der Waals surface area contributed by atoms with E-state index < -0.39 is 12.2 Å². The number of amides is 2. The number of unbranched alkanes of at least 4 members (excludes halogenated alkanes) is 1. The monoisotopic (exact) mass is 325 g/mol. The lowest BCUT2D eigenvalue weighted by molar-refractivity contribution is 0.0849. The van der Waals surface area contributed by atoms with E-state index in [0.717, 1.165) is 12.8 Å². The smallest absolute Gasteiger partial charge is 0.412 e. The summed E-state index contributed by atoms with van der Waals surface area (Å²) in [4.78, 5) is 27.1. The van der Waals surface area contributed by atoms with Crippen LogP contribution in [-0.4, -0.2) is 43.6 Å². The van der Waals surface area contributed by atoms with Gasteiger partial charge in [-0.3, -0.25) is 10.6 Å². The van der Waals surface area contributed by atoms with E-state index in [1.54, 1.807) is 18.2 Å². The maximum Gasteiger partial charge on any atom is 0.412 e. The highest BCUT2D eigenvalue weighted by Crippen LogP contribution is 2.10. The standard InChI is InChI=1S/C15H23N3O5/c1-3-5-9-22-14(19)17-12-7-6-8-13(16-12)18-15(20)23-11-10-21-4-2/h6-8H,3-5,9-11H2,1-2H3,(H2,16,17,18,19,20). The second-order valence-corrected chi connectivity index (χ2v) is 4.48. The van der Waals surface area contributed by atoms with Gasteiger partial charge in [-0.25, -0.2) is 14.6 Å². The largest absolute Gasteiger partial charge is 0.449 e. The molecule has 0 fully saturated rings. The highest BCUT2D eigenvalue weighted by Gasteiger charge is 2.07. The fourth-order valence-corrected chi connectivity index (χ4v) is 1.50. The number of nitrogens with zero attached hydrogens (tertiary/aromatic N) is 1. The first-order valence-electron chi connectivity index (χ1n) is 7.58. The average molecular weight is 325 g/mol. The average Bonchev–Trinajstić information content (AvgIpc) is 2.52. The molecule has 1 heterocycles. The first kappa shape index (κ1) is 18.7. The Kier molecular flexibility index (Phi) is 9.14. The summed E-state index contributed by atoms with van der Waals surface area (Å²) in [6.45, 7) is 5.27. The lowest BCUT2D eigenvalue weighted by Gasteiger charge is -2.09. The van der Waals surface area contributed by atoms with Crippen molar-refractivity contribution in [3.8, 4) is 0 Å². The summed E-state index contributed by atoms with van der Waals surface area (Å²) in [6.07, 6.45) is 0.522. The molecule has 0 atom stereocenters. The molecule has 0 aliphatic heterocycles. The van der Waals surface area contributed by atoms with Crippen LogP contribution in [0.2, 0.25) is 0 Å². The number of hydrogen-bond donors (Lipinski definition) is 2. The minimum absolute atomic E-state index is 0.154. The third-order valence-corrected chi connectivity index (χ3v) is 2.61. The SMILES string of the molecule is CCCCOC(=O)Nc1cccc(NC(=O)OCCOCC)n1. The number of nitrogens with one attached hydrogen (secondary N) is 2. The third kappa shape index (κ3) is 8.62. The van der Waals surface area contributed by atoms with E-state index in [1.807, 2.05) is 13.8 Å². The van der Waals surface area contributed by atoms with Crippen LogP contribution in [0.1, 0.15) is 26.7 Å². The van der Waals surface area contributed by atoms with Crippen molar-refractivity contribution in [3.05, 3.63) is 18.2 Å². The molecule has 0 aliphatic rings. The number of anilines is 2. The molecule has 8 heteroatoms. The van der Waals surface area contributed by atoms with Gasteiger partial charge in [-0.2, -0.15) is 0 Å². The molecule has 2 N–H and O–H groups in total. The van der Waals surface area contributed by atoms with Gasteiger partial charge in [0.2, 0.25) is 0 Å². The number of pyridine rings is 1. The molecule has 0 saturated carbocycles. The molecule has 0 bridgehead atoms. The minimum atomic E-state index is -0.639. The third-order valence-electron chi connectivity index (χ3n) is 2.61. The quantitative estimate of drug-likeness (QED) is 0.677. The second-order valence-electron chi connectivity index (χ2n) is 4.48. The zero-order chi connectivity index (χ0) is 16.9. The molecule has 1 rings (SSSR count). The number of carbonyl (C=O) groups excluding carboxylic acids is 2. The zero-order valence-electron chi connectivity index (χ0n) is 13.5. The van der Waals surface area contributed by atoms with Crippen molar-refractivity contribution in [1.29, 1.82) is 0 Å². The van der Waals surface area contributed by atoms with Crippen LogP contribution in [0.15, 0.2) is 18.2 Å². The molecule has 8 nitrogen and oxygen atoms in total. The topological polar surface area (TPSA) is 98.8 Å². The highest BCUT2D eigenvalue weighted by atomic mass is 16.6. The number of ether oxygens (including phenoxy) is 3. The number of rotatable bonds is 9. The van der Waals surface area contributed by atoms with Gasteiger partial charge in [0.25, 0.3) is 0 Å². The molecule has 0 spiro atoms. The van der Waals surface area contributed by atoms with Gasteiger partial charge in [0, 0.05) is 6.61 Å². The van der Waals surface area contributed by atoms with E-state index in [4.69, 9.17) is 14.2 Å². The Hall–Kier alpha value is -2.35. The lowest BCUT2D eigenvalue weighted by atomic mass is 10.4. The normalized spacial score (nSPS) is 10.0. The van der Waals surface area contributed by atoms with Gasteiger partial charge < -0.3 is 14.2 Å². The summed E-state index contributed by atoms with van der Waals surface area (Å²) in [5.41, 5.74) is 0. The minimum Gasteiger partial charge on any atom is -0.449 e. The number of carbonyl (C=O) groups is 2. The maximum atomic E-state index is 11.5. The Bertz CT molecular complexity index is 496. The Morgan fingerprint density at radius 2 is 1.61 bits per heavy atom. The van der Waals surface area contributed by atoms with Gasteiger partial charge >= 0.3 is 12.2 Å². The highest BCUT2D eigenvalue weighted by molar-refractivity contribution is 5.85. The lowest BCUT2D eigenvalue weighted by Crippen LogP contribution is -2.18. The Balaban J connectivity index is 2.40. The van der Waals surface area contributed by atoms with Crippen molar-refractivity contribution in [2.24, 2.45) is 0 Å². The predicted octanol–water partition coefficient (Wildman–Crippen LogP) is 3.02. The van der Waals surface area contributed by atoms with E-state index >= 15 is 0 Å². The van der Waals surface area contributed by atoms with Crippen molar-refractivity contribution in [3.63, 3.8) is 0 Å². The van der Waals surface area contributed by atoms with Gasteiger partial charge in [0.15, 0.2) is 0 Å². The molecule has 128 valence electrons. The van der Waals surface area contributed by atoms with Gasteiger partial charge in [0.05, 0.1) is 13.2 Å². The molecular weight excluding hydrogens is 302 g/mol. The molecule has 23 heavy (non-hydrogen) atoms. The molecular formula is C15H23N3O5. The van der Waals surface area contributed by atoms with Crippen LogP contribution >= 0.6 is 0 Å². The van der Waals surface area contributed by atoms with Crippen molar-refractivity contribution < 1.29 is 23.8 Å². The Morgan fingerprint density at radius 1 is 1.00 bits per heavy atom. The molecule has 0 saturated heterocycles. The van der Waals surface area contributed by atoms with Crippen LogP contribution in [0.4, 0.5) is 21.2 Å². The summed E-state index contributed by atoms with van der Waals surface area (Å²) >= 11 is 0. The molecule has 2 amide bonds. The van der Waals surface area contributed by atoms with Crippen molar-refractivity contribution in [1.82, 2.24) is 4.98 Å². The molecule has 0 aliphatic carbocycles. The summed E-state index contributed by atoms with van der Waals surface area (Å²) in [6, 6.07) is 4.81. The van der Waals surface area contributed by atoms with Gasteiger partial charge in [-0.1, -0.05) is 19.4 Å². The predicted molar refractivity (Wildman–Crippen MR) is 85.6 cm³/mol. The maximum absolute atomic E-state index is 11.5. The van der Waals surface area contributed by atoms with E-state index in [2.05, 4.69) is 15.6 Å². The fourth-order valence-electron chi connectivity index (χ4n) is 1.50. The molecule has 0 radical (unpaired) electrons. The summed E-state index contributed by atoms with van der Waals surface area (Å²) in [5, 5.41) is 4.95. The van der Waals surface area contributed by atoms with Gasteiger partial charge in [-0.05, 0) is 25.5 Å². The summed E-state index contributed by atoms with van der Waals surface area (Å²) in [5.74, 6) is 0.538. The van der Waals surface area contributed by atoms with Crippen LogP contribution in [-0.2, 0) is 14.2 Å². The van der Waals surface area contributed by atoms with Crippen LogP contribution in [0, 0.1) is 0 Å². The molecule has 0 aromatic carbocycles. The first-order chi connectivity index (χ1) is 11.2. The van der Waals surface area contributed by atoms with E-state index in [9.17, 15) is 9.59 Å². The van der Waals surface area contributed by atoms with Crippen LogP contribution in [0.5, 0.6) is 0 Å². The van der Waals surface area contributed by atoms with Gasteiger partial charge in [0.1, 0.15) is 18.2 Å². The fraction of sp³-hybridized carbons (Fsp3) is 0.533. The Morgan fingerprint density at radius 3 is 2.17 bits per heavy atom. The molecule has 1 aromatic heterocycles. The van der Waals surface area contributed by atoms with Crippen molar-refractivity contribution >= 4 is 23.8 Å².